The van der Waals surface area contributed by atoms with Crippen LogP contribution in [-0.2, 0) is 13.2 Å². The Morgan fingerprint density at radius 3 is 2.62 bits per heavy atom. The Balaban J connectivity index is 1.56. The lowest BCUT2D eigenvalue weighted by molar-refractivity contribution is -0.917. The van der Waals surface area contributed by atoms with E-state index < -0.39 is 0 Å². The van der Waals surface area contributed by atoms with Crippen LogP contribution in [0.5, 0.6) is 11.5 Å². The Bertz CT molecular complexity index is 1040. The molecule has 2 heterocycles. The number of hydrogen-bond acceptors (Lipinski definition) is 5. The molecule has 8 heteroatoms. The third-order valence-corrected chi connectivity index (χ3v) is 5.48. The van der Waals surface area contributed by atoms with Gasteiger partial charge >= 0.3 is 0 Å². The van der Waals surface area contributed by atoms with Crippen molar-refractivity contribution in [2.45, 2.75) is 32.1 Å². The van der Waals surface area contributed by atoms with Crippen LogP contribution in [-0.4, -0.2) is 40.6 Å². The zero-order valence-corrected chi connectivity index (χ0v) is 17.8. The Morgan fingerprint density at radius 2 is 1.97 bits per heavy atom. The van der Waals surface area contributed by atoms with Crippen molar-refractivity contribution >= 4 is 12.2 Å². The number of pyridine rings is 1. The van der Waals surface area contributed by atoms with Crippen LogP contribution < -0.4 is 14.4 Å². The van der Waals surface area contributed by atoms with Crippen LogP contribution in [0.25, 0.3) is 11.4 Å². The number of quaternary nitrogens is 1. The van der Waals surface area contributed by atoms with E-state index >= 15 is 0 Å². The highest BCUT2D eigenvalue weighted by atomic mass is 32.1. The quantitative estimate of drug-likeness (QED) is 0.576. The standard InChI is InChI=1S/C21H25N5O2S/c1-24(13-15-6-9-18(27-2)19(11-15)28-3)14-25-21(29)26(17-7-8-17)20(23-25)16-5-4-10-22-12-16/h4-6,9-12,17H,7-8,13-14H2,1-3H3/p+1. The van der Waals surface area contributed by atoms with Crippen molar-refractivity contribution in [1.82, 2.24) is 19.3 Å². The summed E-state index contributed by atoms with van der Waals surface area (Å²) in [6, 6.07) is 10.4. The monoisotopic (exact) mass is 412 g/mol. The number of hydrogen-bond donors (Lipinski definition) is 1. The minimum Gasteiger partial charge on any atom is -0.493 e. The summed E-state index contributed by atoms with van der Waals surface area (Å²) in [5.74, 6) is 2.39. The summed E-state index contributed by atoms with van der Waals surface area (Å²) in [7, 11) is 5.44. The van der Waals surface area contributed by atoms with E-state index in [-0.39, 0.29) is 0 Å². The Morgan fingerprint density at radius 1 is 1.17 bits per heavy atom. The first-order valence-electron chi connectivity index (χ1n) is 9.72. The minimum atomic E-state index is 0.456. The van der Waals surface area contributed by atoms with Gasteiger partial charge in [0.05, 0.1) is 21.3 Å². The molecule has 0 bridgehead atoms. The lowest BCUT2D eigenvalue weighted by atomic mass is 10.2. The third kappa shape index (κ3) is 4.18. The summed E-state index contributed by atoms with van der Waals surface area (Å²) in [4.78, 5) is 5.51. The SMILES string of the molecule is COc1ccc(C[NH+](C)Cn2nc(-c3cccnc3)n(C3CC3)c2=S)cc1OC. The van der Waals surface area contributed by atoms with Gasteiger partial charge in [-0.15, -0.1) is 5.10 Å². The van der Waals surface area contributed by atoms with E-state index in [0.29, 0.717) is 12.7 Å². The highest BCUT2D eigenvalue weighted by molar-refractivity contribution is 7.71. The molecule has 0 aliphatic heterocycles. The predicted octanol–water partition coefficient (Wildman–Crippen LogP) is 2.50. The predicted molar refractivity (Wildman–Crippen MR) is 113 cm³/mol. The molecule has 0 spiro atoms. The maximum atomic E-state index is 5.78. The van der Waals surface area contributed by atoms with Gasteiger partial charge in [-0.25, -0.2) is 0 Å². The van der Waals surface area contributed by atoms with Gasteiger partial charge in [-0.05, 0) is 55.4 Å². The first-order chi connectivity index (χ1) is 14.1. The molecule has 7 nitrogen and oxygen atoms in total. The average molecular weight is 413 g/mol. The molecule has 0 amide bonds. The van der Waals surface area contributed by atoms with Crippen molar-refractivity contribution in [2.75, 3.05) is 21.3 Å². The topological polar surface area (TPSA) is 58.5 Å². The van der Waals surface area contributed by atoms with Gasteiger partial charge < -0.3 is 14.4 Å². The second-order valence-electron chi connectivity index (χ2n) is 7.43. The van der Waals surface area contributed by atoms with E-state index in [1.165, 1.54) is 10.5 Å². The molecule has 1 saturated carbocycles. The van der Waals surface area contributed by atoms with Gasteiger partial charge in [-0.3, -0.25) is 9.55 Å². The first-order valence-corrected chi connectivity index (χ1v) is 10.1. The van der Waals surface area contributed by atoms with Crippen LogP contribution in [0.3, 0.4) is 0 Å². The molecule has 1 aliphatic carbocycles. The van der Waals surface area contributed by atoms with Crippen molar-refractivity contribution in [3.63, 3.8) is 0 Å². The molecule has 0 saturated heterocycles. The molecule has 2 aromatic heterocycles. The summed E-state index contributed by atoms with van der Waals surface area (Å²) in [5, 5.41) is 4.85. The summed E-state index contributed by atoms with van der Waals surface area (Å²) in [5.41, 5.74) is 2.17. The zero-order valence-electron chi connectivity index (χ0n) is 17.0. The Labute approximate surface area is 175 Å². The van der Waals surface area contributed by atoms with Crippen LogP contribution in [0.1, 0.15) is 24.4 Å². The molecule has 1 aliphatic rings. The number of ether oxygens (including phenoxy) is 2. The van der Waals surface area contributed by atoms with Crippen molar-refractivity contribution in [1.29, 1.82) is 0 Å². The summed E-state index contributed by atoms with van der Waals surface area (Å²) < 4.78 is 15.6. The van der Waals surface area contributed by atoms with Crippen LogP contribution in [0.2, 0.25) is 0 Å². The molecule has 1 fully saturated rings. The number of nitrogens with zero attached hydrogens (tertiary/aromatic N) is 4. The number of nitrogens with one attached hydrogen (secondary N) is 1. The van der Waals surface area contributed by atoms with E-state index in [1.54, 1.807) is 20.4 Å². The third-order valence-electron chi connectivity index (χ3n) is 5.08. The van der Waals surface area contributed by atoms with Crippen molar-refractivity contribution in [2.24, 2.45) is 0 Å². The first kappa shape index (κ1) is 19.6. The number of methoxy groups -OCH3 is 2. The zero-order chi connectivity index (χ0) is 20.4. The van der Waals surface area contributed by atoms with E-state index in [0.717, 1.165) is 47.0 Å². The molecular formula is C21H26N5O2S+. The maximum Gasteiger partial charge on any atom is 0.203 e. The fourth-order valence-electron chi connectivity index (χ4n) is 3.53. The lowest BCUT2D eigenvalue weighted by Crippen LogP contribution is -3.07. The Kier molecular flexibility index (Phi) is 5.64. The summed E-state index contributed by atoms with van der Waals surface area (Å²) >= 11 is 5.78. The fraction of sp³-hybridized carbons (Fsp3) is 0.381. The van der Waals surface area contributed by atoms with Gasteiger partial charge in [-0.2, -0.15) is 4.68 Å². The van der Waals surface area contributed by atoms with E-state index in [9.17, 15) is 0 Å². The van der Waals surface area contributed by atoms with E-state index in [4.69, 9.17) is 26.8 Å². The molecule has 152 valence electrons. The molecule has 1 unspecified atom stereocenters. The van der Waals surface area contributed by atoms with Gasteiger partial charge in [0.25, 0.3) is 0 Å². The van der Waals surface area contributed by atoms with Crippen LogP contribution in [0.15, 0.2) is 42.7 Å². The largest absolute Gasteiger partial charge is 0.493 e. The minimum absolute atomic E-state index is 0.456. The highest BCUT2D eigenvalue weighted by Gasteiger charge is 2.29. The van der Waals surface area contributed by atoms with Gasteiger partial charge in [0.15, 0.2) is 24.0 Å². The molecule has 1 aromatic carbocycles. The van der Waals surface area contributed by atoms with E-state index in [1.807, 2.05) is 35.1 Å². The molecular weight excluding hydrogens is 386 g/mol. The van der Waals surface area contributed by atoms with Gasteiger partial charge in [0.1, 0.15) is 6.54 Å². The fourth-order valence-corrected chi connectivity index (χ4v) is 3.87. The normalized spacial score (nSPS) is 14.6. The Hall–Kier alpha value is -2.71. The lowest BCUT2D eigenvalue weighted by Gasteiger charge is -2.15. The van der Waals surface area contributed by atoms with Crippen molar-refractivity contribution in [3.8, 4) is 22.9 Å². The molecule has 1 atom stereocenters. The highest BCUT2D eigenvalue weighted by Crippen LogP contribution is 2.38. The average Bonchev–Trinajstić information content (AvgIpc) is 3.53. The van der Waals surface area contributed by atoms with Gasteiger partial charge in [-0.1, -0.05) is 0 Å². The van der Waals surface area contributed by atoms with E-state index in [2.05, 4.69) is 22.7 Å². The second kappa shape index (κ2) is 8.34. The van der Waals surface area contributed by atoms with Gasteiger partial charge in [0, 0.05) is 29.6 Å². The van der Waals surface area contributed by atoms with Crippen LogP contribution >= 0.6 is 12.2 Å². The van der Waals surface area contributed by atoms with Gasteiger partial charge in [0.2, 0.25) is 4.77 Å². The molecule has 0 radical (unpaired) electrons. The molecule has 3 aromatic rings. The van der Waals surface area contributed by atoms with Crippen molar-refractivity contribution in [3.05, 3.63) is 53.1 Å². The van der Waals surface area contributed by atoms with Crippen molar-refractivity contribution < 1.29 is 14.4 Å². The maximum absolute atomic E-state index is 5.78. The number of aromatic nitrogens is 4. The molecule has 29 heavy (non-hydrogen) atoms. The smallest absolute Gasteiger partial charge is 0.203 e. The summed E-state index contributed by atoms with van der Waals surface area (Å²) in [6.07, 6.45) is 5.93. The molecule has 1 N–H and O–H groups in total. The number of benzene rings is 1. The molecule has 4 rings (SSSR count). The van der Waals surface area contributed by atoms with Crippen LogP contribution in [0.4, 0.5) is 0 Å². The summed E-state index contributed by atoms with van der Waals surface area (Å²) in [6.45, 7) is 1.50. The second-order valence-corrected chi connectivity index (χ2v) is 7.80. The van der Waals surface area contributed by atoms with Crippen LogP contribution in [0, 0.1) is 4.77 Å². The number of rotatable bonds is 8.